The van der Waals surface area contributed by atoms with Gasteiger partial charge in [0.1, 0.15) is 11.2 Å². The maximum absolute atomic E-state index is 12.0. The average Bonchev–Trinajstić information content (AvgIpc) is 2.26. The second-order valence-corrected chi connectivity index (χ2v) is 4.52. The van der Waals surface area contributed by atoms with Crippen LogP contribution in [0.3, 0.4) is 0 Å². The van der Waals surface area contributed by atoms with Gasteiger partial charge in [-0.05, 0) is 26.0 Å². The molecular formula is C11H13ClN2O3. The third-order valence-electron chi connectivity index (χ3n) is 2.61. The fourth-order valence-electron chi connectivity index (χ4n) is 1.09. The molecule has 0 radical (unpaired) electrons. The molecule has 0 aliphatic heterocycles. The van der Waals surface area contributed by atoms with Gasteiger partial charge in [0.05, 0.1) is 0 Å². The second-order valence-electron chi connectivity index (χ2n) is 4.09. The van der Waals surface area contributed by atoms with Crippen molar-refractivity contribution in [3.8, 4) is 0 Å². The highest BCUT2D eigenvalue weighted by molar-refractivity contribution is 6.30. The van der Waals surface area contributed by atoms with E-state index in [1.54, 1.807) is 6.07 Å². The molecule has 1 aromatic heterocycles. The third-order valence-corrected chi connectivity index (χ3v) is 2.84. The summed E-state index contributed by atoms with van der Waals surface area (Å²) in [7, 11) is 1.42. The molecule has 0 aromatic carbocycles. The van der Waals surface area contributed by atoms with Crippen LogP contribution in [0.15, 0.2) is 18.3 Å². The van der Waals surface area contributed by atoms with Crippen molar-refractivity contribution < 1.29 is 14.7 Å². The maximum Gasteiger partial charge on any atom is 0.329 e. The summed E-state index contributed by atoms with van der Waals surface area (Å²) in [6.45, 7) is 2.88. The first-order valence-electron chi connectivity index (χ1n) is 4.90. The molecule has 0 fully saturated rings. The van der Waals surface area contributed by atoms with Crippen molar-refractivity contribution in [3.63, 3.8) is 0 Å². The number of amides is 1. The maximum atomic E-state index is 12.0. The molecule has 0 unspecified atom stereocenters. The number of aromatic nitrogens is 1. The van der Waals surface area contributed by atoms with Crippen LogP contribution in [0.25, 0.3) is 0 Å². The Hall–Kier alpha value is -1.62. The molecule has 0 saturated heterocycles. The quantitative estimate of drug-likeness (QED) is 0.893. The summed E-state index contributed by atoms with van der Waals surface area (Å²) < 4.78 is 0. The molecule has 0 aliphatic rings. The van der Waals surface area contributed by atoms with Crippen molar-refractivity contribution in [1.82, 2.24) is 9.88 Å². The molecular weight excluding hydrogens is 244 g/mol. The van der Waals surface area contributed by atoms with Crippen LogP contribution >= 0.6 is 11.6 Å². The number of carbonyl (C=O) groups excluding carboxylic acids is 1. The number of carboxylic acid groups (broad SMARTS) is 1. The van der Waals surface area contributed by atoms with E-state index in [-0.39, 0.29) is 5.69 Å². The lowest BCUT2D eigenvalue weighted by molar-refractivity contribution is -0.147. The van der Waals surface area contributed by atoms with Crippen LogP contribution in [-0.2, 0) is 4.79 Å². The summed E-state index contributed by atoms with van der Waals surface area (Å²) in [5, 5.41) is 9.40. The lowest BCUT2D eigenvalue weighted by Crippen LogP contribution is -2.50. The molecule has 1 rings (SSSR count). The van der Waals surface area contributed by atoms with Crippen molar-refractivity contribution >= 4 is 23.5 Å². The SMILES string of the molecule is CN(C(=O)c1cc(Cl)ccn1)C(C)(C)C(=O)O. The van der Waals surface area contributed by atoms with Crippen molar-refractivity contribution in [2.24, 2.45) is 0 Å². The Kier molecular flexibility index (Phi) is 3.72. The molecule has 1 heterocycles. The van der Waals surface area contributed by atoms with Gasteiger partial charge in [-0.3, -0.25) is 9.78 Å². The minimum absolute atomic E-state index is 0.120. The summed E-state index contributed by atoms with van der Waals surface area (Å²) in [6, 6.07) is 2.94. The fraction of sp³-hybridized carbons (Fsp3) is 0.364. The fourth-order valence-corrected chi connectivity index (χ4v) is 1.25. The highest BCUT2D eigenvalue weighted by atomic mass is 35.5. The number of pyridine rings is 1. The first-order valence-corrected chi connectivity index (χ1v) is 5.27. The van der Waals surface area contributed by atoms with Gasteiger partial charge in [0, 0.05) is 18.3 Å². The number of hydrogen-bond acceptors (Lipinski definition) is 3. The van der Waals surface area contributed by atoms with Gasteiger partial charge >= 0.3 is 5.97 Å². The van der Waals surface area contributed by atoms with E-state index in [1.807, 2.05) is 0 Å². The Morgan fingerprint density at radius 3 is 2.53 bits per heavy atom. The first-order chi connectivity index (χ1) is 7.76. The van der Waals surface area contributed by atoms with E-state index < -0.39 is 17.4 Å². The zero-order valence-electron chi connectivity index (χ0n) is 9.77. The zero-order valence-corrected chi connectivity index (χ0v) is 10.5. The molecule has 0 saturated carbocycles. The van der Waals surface area contributed by atoms with E-state index in [9.17, 15) is 9.59 Å². The topological polar surface area (TPSA) is 70.5 Å². The number of carbonyl (C=O) groups is 2. The monoisotopic (exact) mass is 256 g/mol. The van der Waals surface area contributed by atoms with E-state index in [2.05, 4.69) is 4.98 Å². The van der Waals surface area contributed by atoms with Crippen LogP contribution in [0.2, 0.25) is 5.02 Å². The van der Waals surface area contributed by atoms with Gasteiger partial charge in [-0.1, -0.05) is 11.6 Å². The lowest BCUT2D eigenvalue weighted by Gasteiger charge is -2.31. The normalized spacial score (nSPS) is 11.1. The smallest absolute Gasteiger partial charge is 0.329 e. The standard InChI is InChI=1S/C11H13ClN2O3/c1-11(2,10(16)17)14(3)9(15)8-6-7(12)4-5-13-8/h4-6H,1-3H3,(H,16,17). The van der Waals surface area contributed by atoms with Crippen molar-refractivity contribution in [2.45, 2.75) is 19.4 Å². The molecule has 0 bridgehead atoms. The molecule has 0 atom stereocenters. The number of halogens is 1. The van der Waals surface area contributed by atoms with Crippen molar-refractivity contribution in [2.75, 3.05) is 7.05 Å². The van der Waals surface area contributed by atoms with Crippen LogP contribution in [0.4, 0.5) is 0 Å². The van der Waals surface area contributed by atoms with Gasteiger partial charge in [-0.2, -0.15) is 0 Å². The summed E-state index contributed by atoms with van der Waals surface area (Å²) in [4.78, 5) is 28.0. The predicted molar refractivity (Wildman–Crippen MR) is 63.1 cm³/mol. The van der Waals surface area contributed by atoms with Crippen LogP contribution in [0.1, 0.15) is 24.3 Å². The number of aliphatic carboxylic acids is 1. The molecule has 1 amide bonds. The Bertz CT molecular complexity index is 460. The molecule has 92 valence electrons. The third kappa shape index (κ3) is 2.74. The number of likely N-dealkylation sites (N-methyl/N-ethyl adjacent to an activating group) is 1. The predicted octanol–water partition coefficient (Wildman–Crippen LogP) is 1.67. The summed E-state index contributed by atoms with van der Waals surface area (Å²) in [5.41, 5.74) is -1.18. The van der Waals surface area contributed by atoms with Crippen LogP contribution in [-0.4, -0.2) is 39.5 Å². The van der Waals surface area contributed by atoms with Crippen LogP contribution < -0.4 is 0 Å². The van der Waals surface area contributed by atoms with Gasteiger partial charge in [0.2, 0.25) is 0 Å². The second kappa shape index (κ2) is 4.71. The van der Waals surface area contributed by atoms with E-state index in [1.165, 1.54) is 33.2 Å². The molecule has 0 spiro atoms. The van der Waals surface area contributed by atoms with E-state index in [4.69, 9.17) is 16.7 Å². The Morgan fingerprint density at radius 1 is 1.47 bits per heavy atom. The van der Waals surface area contributed by atoms with Gasteiger partial charge in [-0.25, -0.2) is 4.79 Å². The largest absolute Gasteiger partial charge is 0.480 e. The van der Waals surface area contributed by atoms with Crippen LogP contribution in [0, 0.1) is 0 Å². The molecule has 17 heavy (non-hydrogen) atoms. The number of carboxylic acids is 1. The number of rotatable bonds is 3. The van der Waals surface area contributed by atoms with Gasteiger partial charge in [-0.15, -0.1) is 0 Å². The van der Waals surface area contributed by atoms with Gasteiger partial charge < -0.3 is 10.0 Å². The van der Waals surface area contributed by atoms with E-state index in [0.717, 1.165) is 4.90 Å². The van der Waals surface area contributed by atoms with Gasteiger partial charge in [0.15, 0.2) is 0 Å². The Morgan fingerprint density at radius 2 is 2.06 bits per heavy atom. The minimum atomic E-state index is -1.30. The number of nitrogens with zero attached hydrogens (tertiary/aromatic N) is 2. The van der Waals surface area contributed by atoms with Crippen molar-refractivity contribution in [3.05, 3.63) is 29.0 Å². The van der Waals surface area contributed by atoms with E-state index in [0.29, 0.717) is 5.02 Å². The Labute approximate surface area is 104 Å². The molecule has 1 N–H and O–H groups in total. The highest BCUT2D eigenvalue weighted by Crippen LogP contribution is 2.17. The van der Waals surface area contributed by atoms with E-state index >= 15 is 0 Å². The molecule has 6 heteroatoms. The molecule has 0 aliphatic carbocycles. The summed E-state index contributed by atoms with van der Waals surface area (Å²) in [6.07, 6.45) is 1.40. The minimum Gasteiger partial charge on any atom is -0.480 e. The first kappa shape index (κ1) is 13.4. The van der Waals surface area contributed by atoms with Crippen LogP contribution in [0.5, 0.6) is 0 Å². The number of hydrogen-bond donors (Lipinski definition) is 1. The summed E-state index contributed by atoms with van der Waals surface area (Å²) >= 11 is 5.74. The summed E-state index contributed by atoms with van der Waals surface area (Å²) in [5.74, 6) is -1.57. The molecule has 5 nitrogen and oxygen atoms in total. The lowest BCUT2D eigenvalue weighted by atomic mass is 10.0. The van der Waals surface area contributed by atoms with Gasteiger partial charge in [0.25, 0.3) is 5.91 Å². The highest BCUT2D eigenvalue weighted by Gasteiger charge is 2.35. The molecule has 1 aromatic rings. The van der Waals surface area contributed by atoms with Crippen molar-refractivity contribution in [1.29, 1.82) is 0 Å². The average molecular weight is 257 g/mol. The zero-order chi connectivity index (χ0) is 13.2. The Balaban J connectivity index is 3.02.